The molecule has 0 fully saturated rings. The Kier molecular flexibility index (Phi) is 6.79. The van der Waals surface area contributed by atoms with Crippen LogP contribution in [0.25, 0.3) is 10.2 Å². The molecule has 1 aromatic heterocycles. The van der Waals surface area contributed by atoms with Crippen molar-refractivity contribution in [2.24, 2.45) is 10.2 Å². The lowest BCUT2D eigenvalue weighted by Crippen LogP contribution is -2.31. The molecular weight excluding hydrogens is 435 g/mol. The van der Waals surface area contributed by atoms with Gasteiger partial charge >= 0.3 is 0 Å². The topological polar surface area (TPSA) is 93.0 Å². The molecule has 1 unspecified atom stereocenters. The maximum atomic E-state index is 12.6. The summed E-state index contributed by atoms with van der Waals surface area (Å²) in [6.45, 7) is 3.71. The van der Waals surface area contributed by atoms with E-state index in [9.17, 15) is 9.59 Å². The lowest BCUT2D eigenvalue weighted by Gasteiger charge is -2.07. The van der Waals surface area contributed by atoms with Gasteiger partial charge in [-0.25, -0.2) is 4.98 Å². The van der Waals surface area contributed by atoms with Gasteiger partial charge in [-0.2, -0.15) is 10.2 Å². The zero-order chi connectivity index (χ0) is 21.0. The molecule has 1 heterocycles. The minimum atomic E-state index is -1.34. The van der Waals surface area contributed by atoms with Crippen LogP contribution in [0.4, 0.5) is 10.8 Å². The van der Waals surface area contributed by atoms with E-state index in [4.69, 9.17) is 27.9 Å². The van der Waals surface area contributed by atoms with Crippen molar-refractivity contribution in [2.45, 2.75) is 19.9 Å². The molecule has 0 aliphatic heterocycles. The molecule has 10 heteroatoms. The first-order valence-electron chi connectivity index (χ1n) is 8.58. The van der Waals surface area contributed by atoms with E-state index in [2.05, 4.69) is 20.5 Å². The highest BCUT2D eigenvalue weighted by Gasteiger charge is 2.24. The van der Waals surface area contributed by atoms with E-state index in [0.717, 1.165) is 10.4 Å². The van der Waals surface area contributed by atoms with Crippen LogP contribution in [0.1, 0.15) is 13.8 Å². The van der Waals surface area contributed by atoms with Crippen molar-refractivity contribution in [2.75, 3.05) is 11.9 Å². The number of nitrogens with one attached hydrogen (secondary N) is 1. The predicted octanol–water partition coefficient (Wildman–Crippen LogP) is 5.68. The Hall–Kier alpha value is -2.55. The fourth-order valence-electron chi connectivity index (χ4n) is 2.39. The Balaban J connectivity index is 1.79. The number of halogens is 2. The number of anilines is 1. The summed E-state index contributed by atoms with van der Waals surface area (Å²) in [5.41, 5.74) is 0.974. The number of hydrogen-bond acceptors (Lipinski definition) is 7. The van der Waals surface area contributed by atoms with Gasteiger partial charge in [0, 0.05) is 5.02 Å². The first-order valence-corrected chi connectivity index (χ1v) is 10.1. The van der Waals surface area contributed by atoms with Crippen molar-refractivity contribution in [3.05, 3.63) is 46.4 Å². The van der Waals surface area contributed by atoms with Gasteiger partial charge in [0.25, 0.3) is 5.91 Å². The molecule has 2 aromatic carbocycles. The second-order valence-electron chi connectivity index (χ2n) is 5.90. The van der Waals surface area contributed by atoms with Crippen molar-refractivity contribution < 1.29 is 14.3 Å². The molecule has 3 rings (SSSR count). The summed E-state index contributed by atoms with van der Waals surface area (Å²) < 4.78 is 6.31. The molecule has 3 aromatic rings. The average molecular weight is 451 g/mol. The Morgan fingerprint density at radius 1 is 1.24 bits per heavy atom. The third-order valence-electron chi connectivity index (χ3n) is 3.72. The molecule has 0 saturated heterocycles. The number of aromatic nitrogens is 1. The third-order valence-corrected chi connectivity index (χ3v) is 5.21. The van der Waals surface area contributed by atoms with E-state index < -0.39 is 17.7 Å². The van der Waals surface area contributed by atoms with Crippen LogP contribution in [0, 0.1) is 0 Å². The number of benzene rings is 2. The predicted molar refractivity (Wildman–Crippen MR) is 115 cm³/mol. The molecule has 1 N–H and O–H groups in total. The van der Waals surface area contributed by atoms with Gasteiger partial charge in [-0.15, -0.1) is 0 Å². The van der Waals surface area contributed by atoms with Crippen LogP contribution in [-0.2, 0) is 9.59 Å². The van der Waals surface area contributed by atoms with Gasteiger partial charge in [0.15, 0.2) is 10.9 Å². The molecule has 0 radical (unpaired) electrons. The molecule has 1 amide bonds. The number of thiazole rings is 1. The molecule has 0 saturated carbocycles. The summed E-state index contributed by atoms with van der Waals surface area (Å²) in [5, 5.41) is 11.5. The van der Waals surface area contributed by atoms with E-state index >= 15 is 0 Å². The van der Waals surface area contributed by atoms with Gasteiger partial charge in [0.1, 0.15) is 11.4 Å². The van der Waals surface area contributed by atoms with Gasteiger partial charge in [0.2, 0.25) is 6.04 Å². The second-order valence-corrected chi connectivity index (χ2v) is 7.77. The molecule has 0 aliphatic carbocycles. The van der Waals surface area contributed by atoms with Crippen molar-refractivity contribution in [3.8, 4) is 5.75 Å². The average Bonchev–Trinajstić information content (AvgIpc) is 3.06. The molecule has 150 valence electrons. The highest BCUT2D eigenvalue weighted by molar-refractivity contribution is 7.22. The summed E-state index contributed by atoms with van der Waals surface area (Å²) in [6, 6.07) is 8.76. The maximum absolute atomic E-state index is 12.6. The van der Waals surface area contributed by atoms with E-state index in [1.165, 1.54) is 24.3 Å². The molecular formula is C19H16Cl2N4O3S. The standard InChI is InChI=1S/C19H16Cl2N4O3S/c1-3-28-12-5-7-14-16(9-12)29-19(22-14)23-18(27)17(10(2)26)25-24-15-8-11(20)4-6-13(15)21/h4-9,17H,3H2,1-2H3,(H,22,23,27). The number of ether oxygens (including phenoxy) is 1. The molecule has 29 heavy (non-hydrogen) atoms. The van der Waals surface area contributed by atoms with E-state index in [1.807, 2.05) is 13.0 Å². The fourth-order valence-corrected chi connectivity index (χ4v) is 3.61. The number of fused-ring (bicyclic) bond motifs is 1. The highest BCUT2D eigenvalue weighted by atomic mass is 35.5. The van der Waals surface area contributed by atoms with Crippen LogP contribution in [0.2, 0.25) is 10.0 Å². The Bertz CT molecular complexity index is 1100. The minimum absolute atomic E-state index is 0.265. The largest absolute Gasteiger partial charge is 0.494 e. The minimum Gasteiger partial charge on any atom is -0.494 e. The van der Waals surface area contributed by atoms with Crippen LogP contribution in [0.3, 0.4) is 0 Å². The Labute approximate surface area is 180 Å². The number of carbonyl (C=O) groups excluding carboxylic acids is 2. The lowest BCUT2D eigenvalue weighted by molar-refractivity contribution is -0.126. The van der Waals surface area contributed by atoms with Crippen molar-refractivity contribution in [1.29, 1.82) is 0 Å². The molecule has 7 nitrogen and oxygen atoms in total. The van der Waals surface area contributed by atoms with Gasteiger partial charge in [-0.05, 0) is 50.2 Å². The number of carbonyl (C=O) groups is 2. The number of amides is 1. The Morgan fingerprint density at radius 3 is 2.76 bits per heavy atom. The molecule has 0 spiro atoms. The van der Waals surface area contributed by atoms with Crippen LogP contribution in [0.15, 0.2) is 46.6 Å². The molecule has 0 bridgehead atoms. The van der Waals surface area contributed by atoms with E-state index in [0.29, 0.717) is 27.3 Å². The van der Waals surface area contributed by atoms with Crippen molar-refractivity contribution in [1.82, 2.24) is 4.98 Å². The second kappa shape index (κ2) is 9.30. The summed E-state index contributed by atoms with van der Waals surface area (Å²) in [5.74, 6) is -0.386. The first-order chi connectivity index (χ1) is 13.9. The van der Waals surface area contributed by atoms with Crippen LogP contribution in [-0.4, -0.2) is 29.3 Å². The number of rotatable bonds is 7. The van der Waals surface area contributed by atoms with Crippen molar-refractivity contribution in [3.63, 3.8) is 0 Å². The SMILES string of the molecule is CCOc1ccc2nc(NC(=O)C(N=Nc3cc(Cl)ccc3Cl)C(C)=O)sc2c1. The summed E-state index contributed by atoms with van der Waals surface area (Å²) in [4.78, 5) is 28.8. The first kappa shape index (κ1) is 21.2. The van der Waals surface area contributed by atoms with Gasteiger partial charge < -0.3 is 4.74 Å². The molecule has 1 atom stereocenters. The van der Waals surface area contributed by atoms with Crippen molar-refractivity contribution >= 4 is 67.3 Å². The summed E-state index contributed by atoms with van der Waals surface area (Å²) in [7, 11) is 0. The third kappa shape index (κ3) is 5.29. The maximum Gasteiger partial charge on any atom is 0.260 e. The quantitative estimate of drug-likeness (QED) is 0.369. The zero-order valence-corrected chi connectivity index (χ0v) is 17.8. The highest BCUT2D eigenvalue weighted by Crippen LogP contribution is 2.30. The zero-order valence-electron chi connectivity index (χ0n) is 15.5. The number of hydrogen-bond donors (Lipinski definition) is 1. The lowest BCUT2D eigenvalue weighted by atomic mass is 10.2. The van der Waals surface area contributed by atoms with Gasteiger partial charge in [0.05, 0.1) is 21.8 Å². The smallest absolute Gasteiger partial charge is 0.260 e. The van der Waals surface area contributed by atoms with Crippen LogP contribution in [0.5, 0.6) is 5.75 Å². The van der Waals surface area contributed by atoms with E-state index in [1.54, 1.807) is 24.3 Å². The number of Topliss-reactive ketones (excluding diaryl/α,β-unsaturated/α-hetero) is 1. The van der Waals surface area contributed by atoms with Gasteiger partial charge in [-0.1, -0.05) is 34.5 Å². The number of ketones is 1. The normalized spacial score (nSPS) is 12.3. The summed E-state index contributed by atoms with van der Waals surface area (Å²) >= 11 is 13.2. The molecule has 0 aliphatic rings. The monoisotopic (exact) mass is 450 g/mol. The van der Waals surface area contributed by atoms with E-state index in [-0.39, 0.29) is 5.69 Å². The van der Waals surface area contributed by atoms with Crippen LogP contribution < -0.4 is 10.1 Å². The van der Waals surface area contributed by atoms with Crippen LogP contribution >= 0.6 is 34.5 Å². The number of nitrogens with zero attached hydrogens (tertiary/aromatic N) is 3. The number of azo groups is 1. The summed E-state index contributed by atoms with van der Waals surface area (Å²) in [6.07, 6.45) is 0. The fraction of sp³-hybridized carbons (Fsp3) is 0.211. The van der Waals surface area contributed by atoms with Gasteiger partial charge in [-0.3, -0.25) is 14.9 Å². The Morgan fingerprint density at radius 2 is 2.03 bits per heavy atom.